The topological polar surface area (TPSA) is 71.8 Å². The van der Waals surface area contributed by atoms with Crippen molar-refractivity contribution < 1.29 is 9.18 Å². The van der Waals surface area contributed by atoms with E-state index in [-0.39, 0.29) is 18.3 Å². The van der Waals surface area contributed by atoms with Crippen LogP contribution in [0.4, 0.5) is 20.8 Å². The van der Waals surface area contributed by atoms with Crippen LogP contribution in [0.1, 0.15) is 5.56 Å². The van der Waals surface area contributed by atoms with E-state index < -0.39 is 6.03 Å². The van der Waals surface area contributed by atoms with Crippen LogP contribution in [-0.2, 0) is 6.54 Å². The zero-order valence-electron chi connectivity index (χ0n) is 12.7. The number of benzene rings is 2. The highest BCUT2D eigenvalue weighted by atomic mass is 35.5. The maximum absolute atomic E-state index is 13.6. The van der Waals surface area contributed by atoms with E-state index in [0.29, 0.717) is 21.3 Å². The van der Waals surface area contributed by atoms with Crippen molar-refractivity contribution >= 4 is 40.9 Å². The lowest BCUT2D eigenvalue weighted by Crippen LogP contribution is -2.20. The summed E-state index contributed by atoms with van der Waals surface area (Å²) in [5.74, 6) is -0.237. The summed E-state index contributed by atoms with van der Waals surface area (Å²) in [5, 5.41) is 9.86. The zero-order chi connectivity index (χ0) is 17.8. The van der Waals surface area contributed by atoms with E-state index in [9.17, 15) is 9.18 Å². The highest BCUT2D eigenvalue weighted by molar-refractivity contribution is 6.42. The predicted octanol–water partition coefficient (Wildman–Crippen LogP) is 4.42. The molecule has 1 aromatic heterocycles. The number of hydrogen-bond acceptors (Lipinski definition) is 3. The van der Waals surface area contributed by atoms with Gasteiger partial charge in [0.1, 0.15) is 12.1 Å². The van der Waals surface area contributed by atoms with Crippen LogP contribution in [0.5, 0.6) is 0 Å². The molecule has 0 aliphatic heterocycles. The fraction of sp³-hybridized carbons (Fsp3) is 0.0625. The summed E-state index contributed by atoms with van der Waals surface area (Å²) in [4.78, 5) is 15.9. The van der Waals surface area contributed by atoms with E-state index in [2.05, 4.69) is 20.7 Å². The maximum atomic E-state index is 13.6. The molecule has 9 heteroatoms. The van der Waals surface area contributed by atoms with E-state index in [1.807, 2.05) is 0 Å². The second kappa shape index (κ2) is 7.50. The number of carbonyl (C=O) groups excluding carboxylic acids is 1. The summed E-state index contributed by atoms with van der Waals surface area (Å²) < 4.78 is 15.1. The minimum Gasteiger partial charge on any atom is -0.308 e. The molecular formula is C16H12Cl2FN5O. The third kappa shape index (κ3) is 4.46. The van der Waals surface area contributed by atoms with Gasteiger partial charge in [-0.1, -0.05) is 41.4 Å². The highest BCUT2D eigenvalue weighted by Crippen LogP contribution is 2.25. The molecule has 0 bridgehead atoms. The SMILES string of the molecule is O=C(Nc1ccc(Cl)c(Cl)c1)Nc1ncn(Cc2ccccc2F)n1. The Balaban J connectivity index is 1.61. The molecule has 0 fully saturated rings. The van der Waals surface area contributed by atoms with Gasteiger partial charge in [-0.15, -0.1) is 5.10 Å². The average molecular weight is 380 g/mol. The first kappa shape index (κ1) is 17.2. The Hall–Kier alpha value is -2.64. The van der Waals surface area contributed by atoms with Gasteiger partial charge in [0.05, 0.1) is 16.6 Å². The molecule has 0 saturated carbocycles. The number of urea groups is 1. The predicted molar refractivity (Wildman–Crippen MR) is 94.6 cm³/mol. The number of carbonyl (C=O) groups is 1. The molecule has 3 aromatic rings. The second-order valence-corrected chi connectivity index (χ2v) is 5.88. The molecule has 2 aromatic carbocycles. The van der Waals surface area contributed by atoms with E-state index in [1.54, 1.807) is 30.3 Å². The Bertz CT molecular complexity index is 915. The molecule has 6 nitrogen and oxygen atoms in total. The third-order valence-corrected chi connectivity index (χ3v) is 3.97. The maximum Gasteiger partial charge on any atom is 0.326 e. The molecule has 0 aliphatic rings. The van der Waals surface area contributed by atoms with Gasteiger partial charge in [-0.05, 0) is 24.3 Å². The molecule has 0 spiro atoms. The number of nitrogens with zero attached hydrogens (tertiary/aromatic N) is 3. The molecule has 0 aliphatic carbocycles. The molecule has 25 heavy (non-hydrogen) atoms. The van der Waals surface area contributed by atoms with Gasteiger partial charge in [-0.25, -0.2) is 18.9 Å². The molecular weight excluding hydrogens is 368 g/mol. The lowest BCUT2D eigenvalue weighted by molar-refractivity contribution is 0.262. The van der Waals surface area contributed by atoms with Crippen LogP contribution < -0.4 is 10.6 Å². The Morgan fingerprint density at radius 2 is 1.92 bits per heavy atom. The quantitative estimate of drug-likeness (QED) is 0.704. The van der Waals surface area contributed by atoms with Crippen molar-refractivity contribution in [3.63, 3.8) is 0 Å². The number of amides is 2. The third-order valence-electron chi connectivity index (χ3n) is 3.23. The molecule has 2 N–H and O–H groups in total. The van der Waals surface area contributed by atoms with E-state index in [4.69, 9.17) is 23.2 Å². The number of rotatable bonds is 4. The van der Waals surface area contributed by atoms with Gasteiger partial charge in [-0.3, -0.25) is 5.32 Å². The molecule has 3 rings (SSSR count). The van der Waals surface area contributed by atoms with Gasteiger partial charge in [0, 0.05) is 11.3 Å². The summed E-state index contributed by atoms with van der Waals surface area (Å²) in [6.07, 6.45) is 1.40. The van der Waals surface area contributed by atoms with Crippen LogP contribution in [0.3, 0.4) is 0 Å². The lowest BCUT2D eigenvalue weighted by atomic mass is 10.2. The van der Waals surface area contributed by atoms with Crippen LogP contribution in [0, 0.1) is 5.82 Å². The van der Waals surface area contributed by atoms with Crippen molar-refractivity contribution in [3.05, 3.63) is 70.2 Å². The van der Waals surface area contributed by atoms with E-state index in [1.165, 1.54) is 23.1 Å². The fourth-order valence-electron chi connectivity index (χ4n) is 2.07. The lowest BCUT2D eigenvalue weighted by Gasteiger charge is -2.06. The average Bonchev–Trinajstić information content (AvgIpc) is 3.00. The number of nitrogens with one attached hydrogen (secondary N) is 2. The van der Waals surface area contributed by atoms with Crippen molar-refractivity contribution in [3.8, 4) is 0 Å². The van der Waals surface area contributed by atoms with Crippen molar-refractivity contribution in [2.45, 2.75) is 6.54 Å². The van der Waals surface area contributed by atoms with Crippen LogP contribution in [0.2, 0.25) is 10.0 Å². The number of anilines is 2. The first-order chi connectivity index (χ1) is 12.0. The Morgan fingerprint density at radius 1 is 1.12 bits per heavy atom. The zero-order valence-corrected chi connectivity index (χ0v) is 14.2. The smallest absolute Gasteiger partial charge is 0.308 e. The molecule has 0 atom stereocenters. The number of aromatic nitrogens is 3. The first-order valence-corrected chi connectivity index (χ1v) is 7.93. The standard InChI is InChI=1S/C16H12Cl2FN5O/c17-12-6-5-11(7-13(12)18)21-16(25)22-15-20-9-24(23-15)8-10-3-1-2-4-14(10)19/h1-7,9H,8H2,(H2,21,22,23,25). The van der Waals surface area contributed by atoms with Gasteiger partial charge in [-0.2, -0.15) is 0 Å². The first-order valence-electron chi connectivity index (χ1n) is 7.17. The number of hydrogen-bond donors (Lipinski definition) is 2. The normalized spacial score (nSPS) is 10.5. The molecule has 0 radical (unpaired) electrons. The van der Waals surface area contributed by atoms with Crippen molar-refractivity contribution in [1.82, 2.24) is 14.8 Å². The van der Waals surface area contributed by atoms with Crippen LogP contribution in [-0.4, -0.2) is 20.8 Å². The highest BCUT2D eigenvalue weighted by Gasteiger charge is 2.09. The van der Waals surface area contributed by atoms with E-state index >= 15 is 0 Å². The van der Waals surface area contributed by atoms with E-state index in [0.717, 1.165) is 0 Å². The van der Waals surface area contributed by atoms with Crippen LogP contribution >= 0.6 is 23.2 Å². The molecule has 0 unspecified atom stereocenters. The van der Waals surface area contributed by atoms with Crippen LogP contribution in [0.25, 0.3) is 0 Å². The van der Waals surface area contributed by atoms with Crippen molar-refractivity contribution in [2.75, 3.05) is 10.6 Å². The second-order valence-electron chi connectivity index (χ2n) is 5.07. The molecule has 128 valence electrons. The summed E-state index contributed by atoms with van der Waals surface area (Å²) >= 11 is 11.7. The summed E-state index contributed by atoms with van der Waals surface area (Å²) in [7, 11) is 0. The van der Waals surface area contributed by atoms with Crippen molar-refractivity contribution in [1.29, 1.82) is 0 Å². The number of halogens is 3. The minimum atomic E-state index is -0.540. The summed E-state index contributed by atoms with van der Waals surface area (Å²) in [5.41, 5.74) is 0.942. The Morgan fingerprint density at radius 3 is 2.68 bits per heavy atom. The minimum absolute atomic E-state index is 0.0916. The van der Waals surface area contributed by atoms with Gasteiger partial charge >= 0.3 is 6.03 Å². The van der Waals surface area contributed by atoms with Gasteiger partial charge in [0.15, 0.2) is 0 Å². The Kier molecular flexibility index (Phi) is 5.16. The molecule has 0 saturated heterocycles. The fourth-order valence-corrected chi connectivity index (χ4v) is 2.37. The summed E-state index contributed by atoms with van der Waals surface area (Å²) in [6, 6.07) is 10.5. The summed E-state index contributed by atoms with van der Waals surface area (Å²) in [6.45, 7) is 0.204. The Labute approximate surface area is 152 Å². The van der Waals surface area contributed by atoms with Gasteiger partial charge < -0.3 is 5.32 Å². The van der Waals surface area contributed by atoms with Gasteiger partial charge in [0.2, 0.25) is 5.95 Å². The van der Waals surface area contributed by atoms with Gasteiger partial charge in [0.25, 0.3) is 0 Å². The molecule has 2 amide bonds. The molecule has 1 heterocycles. The monoisotopic (exact) mass is 379 g/mol. The van der Waals surface area contributed by atoms with Crippen molar-refractivity contribution in [2.24, 2.45) is 0 Å². The largest absolute Gasteiger partial charge is 0.326 e. The van der Waals surface area contributed by atoms with Crippen LogP contribution in [0.15, 0.2) is 48.8 Å².